The average Bonchev–Trinajstić information content (AvgIpc) is 3.23. The number of H-pyrrole nitrogens is 2. The van der Waals surface area contributed by atoms with Crippen molar-refractivity contribution in [3.63, 3.8) is 0 Å². The highest BCUT2D eigenvalue weighted by atomic mass is 16.2. The summed E-state index contributed by atoms with van der Waals surface area (Å²) in [6.07, 6.45) is 3.89. The summed E-state index contributed by atoms with van der Waals surface area (Å²) in [4.78, 5) is 17.9. The van der Waals surface area contributed by atoms with Crippen molar-refractivity contribution in [2.45, 2.75) is 18.8 Å². The number of carbonyl (C=O) groups excluding carboxylic acids is 1. The Morgan fingerprint density at radius 1 is 1.27 bits per heavy atom. The van der Waals surface area contributed by atoms with Crippen LogP contribution >= 0.6 is 0 Å². The minimum Gasteiger partial charge on any atom is -0.351 e. The fraction of sp³-hybridized carbons (Fsp3) is 0.294. The summed E-state index contributed by atoms with van der Waals surface area (Å²) < 4.78 is 0. The van der Waals surface area contributed by atoms with Gasteiger partial charge in [-0.2, -0.15) is 5.10 Å². The third-order valence-electron chi connectivity index (χ3n) is 4.43. The Hall–Kier alpha value is -2.56. The smallest absolute Gasteiger partial charge is 0.270 e. The van der Waals surface area contributed by atoms with E-state index in [1.54, 1.807) is 6.20 Å². The second-order valence-corrected chi connectivity index (χ2v) is 5.87. The van der Waals surface area contributed by atoms with E-state index in [1.165, 1.54) is 0 Å². The monoisotopic (exact) mass is 294 g/mol. The Kier molecular flexibility index (Phi) is 3.18. The second kappa shape index (κ2) is 5.33. The van der Waals surface area contributed by atoms with Crippen LogP contribution in [0, 0.1) is 0 Å². The summed E-state index contributed by atoms with van der Waals surface area (Å²) in [6, 6.07) is 11.9. The van der Waals surface area contributed by atoms with Crippen LogP contribution in [0.5, 0.6) is 0 Å². The van der Waals surface area contributed by atoms with Crippen LogP contribution in [0.25, 0.3) is 10.9 Å². The number of rotatable bonds is 2. The molecule has 0 bridgehead atoms. The molecule has 4 rings (SSSR count). The number of likely N-dealkylation sites (tertiary alicyclic amines) is 1. The number of piperidine rings is 1. The van der Waals surface area contributed by atoms with Crippen LogP contribution in [0.3, 0.4) is 0 Å². The lowest BCUT2D eigenvalue weighted by Crippen LogP contribution is -2.39. The molecule has 1 aromatic carbocycles. The summed E-state index contributed by atoms with van der Waals surface area (Å²) in [6.45, 7) is 1.56. The Morgan fingerprint density at radius 2 is 2.18 bits per heavy atom. The van der Waals surface area contributed by atoms with Crippen LogP contribution in [0.15, 0.2) is 42.6 Å². The first-order chi connectivity index (χ1) is 10.8. The van der Waals surface area contributed by atoms with E-state index in [0.29, 0.717) is 11.6 Å². The fourth-order valence-corrected chi connectivity index (χ4v) is 3.27. The predicted molar refractivity (Wildman–Crippen MR) is 84.8 cm³/mol. The number of hydrogen-bond donors (Lipinski definition) is 2. The van der Waals surface area contributed by atoms with Gasteiger partial charge >= 0.3 is 0 Å². The fourth-order valence-electron chi connectivity index (χ4n) is 3.27. The largest absolute Gasteiger partial charge is 0.351 e. The van der Waals surface area contributed by atoms with E-state index in [-0.39, 0.29) is 5.91 Å². The minimum atomic E-state index is 0.0837. The highest BCUT2D eigenvalue weighted by Crippen LogP contribution is 2.26. The Morgan fingerprint density at radius 3 is 3.00 bits per heavy atom. The summed E-state index contributed by atoms with van der Waals surface area (Å²) in [5.41, 5.74) is 2.80. The van der Waals surface area contributed by atoms with Crippen molar-refractivity contribution in [1.29, 1.82) is 0 Å². The zero-order valence-corrected chi connectivity index (χ0v) is 12.2. The van der Waals surface area contributed by atoms with E-state index >= 15 is 0 Å². The molecule has 0 unspecified atom stereocenters. The van der Waals surface area contributed by atoms with Crippen LogP contribution < -0.4 is 0 Å². The van der Waals surface area contributed by atoms with E-state index in [9.17, 15) is 4.79 Å². The van der Waals surface area contributed by atoms with Crippen molar-refractivity contribution in [3.8, 4) is 0 Å². The quantitative estimate of drug-likeness (QED) is 0.763. The van der Waals surface area contributed by atoms with Gasteiger partial charge in [0.15, 0.2) is 0 Å². The van der Waals surface area contributed by atoms with Crippen molar-refractivity contribution in [2.75, 3.05) is 13.1 Å². The number of benzene rings is 1. The molecule has 0 saturated carbocycles. The van der Waals surface area contributed by atoms with Crippen LogP contribution in [0.1, 0.15) is 34.9 Å². The Balaban J connectivity index is 1.56. The minimum absolute atomic E-state index is 0.0837. The molecule has 3 aromatic rings. The summed E-state index contributed by atoms with van der Waals surface area (Å²) in [5, 5.41) is 8.13. The average molecular weight is 294 g/mol. The highest BCUT2D eigenvalue weighted by Gasteiger charge is 2.26. The molecule has 1 amide bonds. The number of fused-ring (bicyclic) bond motifs is 1. The first kappa shape index (κ1) is 13.1. The van der Waals surface area contributed by atoms with Crippen molar-refractivity contribution in [2.24, 2.45) is 0 Å². The topological polar surface area (TPSA) is 64.8 Å². The number of aromatic nitrogens is 3. The molecule has 0 radical (unpaired) electrons. The zero-order valence-electron chi connectivity index (χ0n) is 12.2. The van der Waals surface area contributed by atoms with Crippen molar-refractivity contribution in [1.82, 2.24) is 20.1 Å². The van der Waals surface area contributed by atoms with Crippen LogP contribution in [0.2, 0.25) is 0 Å². The lowest BCUT2D eigenvalue weighted by atomic mass is 9.95. The van der Waals surface area contributed by atoms with Gasteiger partial charge in [0.05, 0.1) is 0 Å². The number of aromatic amines is 2. The molecule has 2 N–H and O–H groups in total. The van der Waals surface area contributed by atoms with E-state index in [0.717, 1.165) is 42.5 Å². The van der Waals surface area contributed by atoms with Gasteiger partial charge in [0.1, 0.15) is 5.69 Å². The van der Waals surface area contributed by atoms with Crippen LogP contribution in [-0.2, 0) is 0 Å². The van der Waals surface area contributed by atoms with Gasteiger partial charge in [0.2, 0.25) is 0 Å². The zero-order chi connectivity index (χ0) is 14.9. The summed E-state index contributed by atoms with van der Waals surface area (Å²) >= 11 is 0. The van der Waals surface area contributed by atoms with E-state index < -0.39 is 0 Å². The molecule has 3 heterocycles. The molecule has 0 aliphatic carbocycles. The van der Waals surface area contributed by atoms with Gasteiger partial charge in [-0.05, 0) is 31.0 Å². The molecule has 2 aromatic heterocycles. The molecular weight excluding hydrogens is 276 g/mol. The maximum atomic E-state index is 12.8. The lowest BCUT2D eigenvalue weighted by molar-refractivity contribution is 0.0701. The van der Waals surface area contributed by atoms with Crippen molar-refractivity contribution >= 4 is 16.8 Å². The number of para-hydroxylation sites is 1. The molecule has 1 aliphatic heterocycles. The molecule has 1 fully saturated rings. The molecule has 112 valence electrons. The van der Waals surface area contributed by atoms with Crippen molar-refractivity contribution < 1.29 is 4.79 Å². The lowest BCUT2D eigenvalue weighted by Gasteiger charge is -2.32. The number of nitrogens with zero attached hydrogens (tertiary/aromatic N) is 2. The Bertz CT molecular complexity index is 757. The third-order valence-corrected chi connectivity index (χ3v) is 4.43. The van der Waals surface area contributed by atoms with Gasteiger partial charge < -0.3 is 9.88 Å². The van der Waals surface area contributed by atoms with E-state index in [2.05, 4.69) is 15.2 Å². The standard InChI is InChI=1S/C17H18N4O/c22-17(16-10-12-4-1-2-6-14(12)19-16)21-9-3-5-13(11-21)15-7-8-18-20-15/h1-2,4,6-8,10,13,19H,3,5,9,11H2,(H,18,20)/t13-/m0/s1. The first-order valence-electron chi connectivity index (χ1n) is 7.67. The maximum absolute atomic E-state index is 12.8. The van der Waals surface area contributed by atoms with Gasteiger partial charge in [-0.1, -0.05) is 18.2 Å². The molecule has 5 nitrogen and oxygen atoms in total. The number of carbonyl (C=O) groups is 1. The third kappa shape index (κ3) is 2.28. The van der Waals surface area contributed by atoms with Crippen molar-refractivity contribution in [3.05, 3.63) is 54.0 Å². The van der Waals surface area contributed by atoms with Gasteiger partial charge in [-0.25, -0.2) is 0 Å². The molecule has 0 spiro atoms. The molecule has 1 atom stereocenters. The number of nitrogens with one attached hydrogen (secondary N) is 2. The summed E-state index contributed by atoms with van der Waals surface area (Å²) in [5.74, 6) is 0.435. The van der Waals surface area contributed by atoms with Gasteiger partial charge in [0, 0.05) is 41.8 Å². The molecule has 5 heteroatoms. The normalized spacial score (nSPS) is 18.7. The maximum Gasteiger partial charge on any atom is 0.270 e. The highest BCUT2D eigenvalue weighted by molar-refractivity contribution is 5.98. The van der Waals surface area contributed by atoms with Crippen LogP contribution in [0.4, 0.5) is 0 Å². The molecule has 1 saturated heterocycles. The van der Waals surface area contributed by atoms with Gasteiger partial charge in [-0.15, -0.1) is 0 Å². The first-order valence-corrected chi connectivity index (χ1v) is 7.67. The van der Waals surface area contributed by atoms with Crippen LogP contribution in [-0.4, -0.2) is 39.1 Å². The number of amides is 1. The molecule has 1 aliphatic rings. The Labute approximate surface area is 128 Å². The second-order valence-electron chi connectivity index (χ2n) is 5.87. The molecule has 22 heavy (non-hydrogen) atoms. The number of hydrogen-bond acceptors (Lipinski definition) is 2. The van der Waals surface area contributed by atoms with E-state index in [1.807, 2.05) is 41.3 Å². The SMILES string of the molecule is O=C(c1cc2ccccc2[nH]1)N1CCC[C@H](c2ccn[nH]2)C1. The van der Waals surface area contributed by atoms with Gasteiger partial charge in [-0.3, -0.25) is 9.89 Å². The van der Waals surface area contributed by atoms with E-state index in [4.69, 9.17) is 0 Å². The van der Waals surface area contributed by atoms with Gasteiger partial charge in [0.25, 0.3) is 5.91 Å². The predicted octanol–water partition coefficient (Wildman–Crippen LogP) is 2.91. The summed E-state index contributed by atoms with van der Waals surface area (Å²) in [7, 11) is 0. The molecular formula is C17H18N4O.